The van der Waals surface area contributed by atoms with Crippen LogP contribution in [0, 0.1) is 12.7 Å². The number of fused-ring (bicyclic) bond motifs is 1. The van der Waals surface area contributed by atoms with Gasteiger partial charge in [-0.3, -0.25) is 4.79 Å². The van der Waals surface area contributed by atoms with Crippen LogP contribution in [0.15, 0.2) is 23.6 Å². The fourth-order valence-electron chi connectivity index (χ4n) is 2.21. The Kier molecular flexibility index (Phi) is 4.86. The Morgan fingerprint density at radius 2 is 2.25 bits per heavy atom. The number of nitrogens with one attached hydrogen (secondary N) is 1. The number of halogens is 1. The molecular weight excluding hydrogens is 331 g/mol. The number of thiazole rings is 1. The minimum absolute atomic E-state index is 0.0493. The van der Waals surface area contributed by atoms with Crippen LogP contribution in [0.25, 0.3) is 11.0 Å². The van der Waals surface area contributed by atoms with Crippen molar-refractivity contribution in [3.05, 3.63) is 45.9 Å². The highest BCUT2D eigenvalue weighted by Gasteiger charge is 2.12. The van der Waals surface area contributed by atoms with E-state index in [2.05, 4.69) is 15.0 Å². The number of aromatic nitrogens is 3. The Morgan fingerprint density at radius 1 is 1.42 bits per heavy atom. The first kappa shape index (κ1) is 16.5. The summed E-state index contributed by atoms with van der Waals surface area (Å²) in [5.74, 6) is 0.0967. The maximum atomic E-state index is 13.1. The number of nitrogens with zero attached hydrogens (tertiary/aromatic N) is 3. The third-order valence-electron chi connectivity index (χ3n) is 3.42. The van der Waals surface area contributed by atoms with Crippen LogP contribution in [-0.4, -0.2) is 39.4 Å². The minimum atomic E-state index is -0.326. The predicted octanol–water partition coefficient (Wildman–Crippen LogP) is 2.64. The lowest BCUT2D eigenvalue weighted by Crippen LogP contribution is -2.29. The standard InChI is InChI=1S/C16H17FN4O2S/c1-10-9-24-15(18-10)6-21(2)16(22)8-23-7-14-19-12-4-3-11(17)5-13(12)20-14/h3-5,9H,6-8H2,1-2H3,(H,19,20). The molecule has 3 aromatic rings. The molecule has 0 aliphatic rings. The van der Waals surface area contributed by atoms with E-state index in [-0.39, 0.29) is 24.9 Å². The number of carbonyl (C=O) groups is 1. The van der Waals surface area contributed by atoms with Gasteiger partial charge in [-0.2, -0.15) is 0 Å². The maximum Gasteiger partial charge on any atom is 0.248 e. The predicted molar refractivity (Wildman–Crippen MR) is 89.0 cm³/mol. The SMILES string of the molecule is Cc1csc(CN(C)C(=O)COCc2nc3ccc(F)cc3[nH]2)n1. The third kappa shape index (κ3) is 3.95. The quantitative estimate of drug-likeness (QED) is 0.743. The van der Waals surface area contributed by atoms with E-state index in [9.17, 15) is 9.18 Å². The lowest BCUT2D eigenvalue weighted by molar-refractivity contribution is -0.135. The first-order valence-corrected chi connectivity index (χ1v) is 8.26. The van der Waals surface area contributed by atoms with Gasteiger partial charge < -0.3 is 14.6 Å². The molecule has 0 aliphatic heterocycles. The van der Waals surface area contributed by atoms with Crippen LogP contribution >= 0.6 is 11.3 Å². The zero-order valence-electron chi connectivity index (χ0n) is 13.4. The van der Waals surface area contributed by atoms with Gasteiger partial charge in [0.2, 0.25) is 5.91 Å². The number of hydrogen-bond acceptors (Lipinski definition) is 5. The monoisotopic (exact) mass is 348 g/mol. The van der Waals surface area contributed by atoms with Crippen molar-refractivity contribution in [2.45, 2.75) is 20.1 Å². The number of hydrogen-bond donors (Lipinski definition) is 1. The third-order valence-corrected chi connectivity index (χ3v) is 4.37. The normalized spacial score (nSPS) is 11.1. The molecule has 0 radical (unpaired) electrons. The molecule has 1 N–H and O–H groups in total. The van der Waals surface area contributed by atoms with E-state index >= 15 is 0 Å². The van der Waals surface area contributed by atoms with Crippen molar-refractivity contribution in [1.29, 1.82) is 0 Å². The molecule has 0 bridgehead atoms. The Balaban J connectivity index is 1.50. The summed E-state index contributed by atoms with van der Waals surface area (Å²) in [6.07, 6.45) is 0. The number of H-pyrrole nitrogens is 1. The van der Waals surface area contributed by atoms with Crippen molar-refractivity contribution < 1.29 is 13.9 Å². The molecule has 126 valence electrons. The topological polar surface area (TPSA) is 71.1 Å². The Labute approximate surface area is 142 Å². The largest absolute Gasteiger partial charge is 0.364 e. The van der Waals surface area contributed by atoms with E-state index in [1.165, 1.54) is 23.5 Å². The second-order valence-electron chi connectivity index (χ2n) is 5.47. The van der Waals surface area contributed by atoms with Crippen LogP contribution in [0.2, 0.25) is 0 Å². The van der Waals surface area contributed by atoms with Gasteiger partial charge in [-0.05, 0) is 25.1 Å². The van der Waals surface area contributed by atoms with Crippen LogP contribution in [0.5, 0.6) is 0 Å². The molecule has 0 atom stereocenters. The Hall–Kier alpha value is -2.32. The summed E-state index contributed by atoms with van der Waals surface area (Å²) in [7, 11) is 1.71. The van der Waals surface area contributed by atoms with Crippen LogP contribution in [0.4, 0.5) is 4.39 Å². The summed E-state index contributed by atoms with van der Waals surface area (Å²) < 4.78 is 18.5. The summed E-state index contributed by atoms with van der Waals surface area (Å²) in [5, 5.41) is 2.84. The van der Waals surface area contributed by atoms with E-state index in [1.54, 1.807) is 18.0 Å². The molecule has 0 fully saturated rings. The number of imidazole rings is 1. The van der Waals surface area contributed by atoms with Gasteiger partial charge in [0, 0.05) is 18.1 Å². The average Bonchev–Trinajstić information content (AvgIpc) is 3.12. The fourth-order valence-corrected chi connectivity index (χ4v) is 3.04. The first-order chi connectivity index (χ1) is 11.5. The van der Waals surface area contributed by atoms with Crippen LogP contribution in [0.1, 0.15) is 16.5 Å². The summed E-state index contributed by atoms with van der Waals surface area (Å²) in [6.45, 7) is 2.49. The maximum absolute atomic E-state index is 13.1. The van der Waals surface area contributed by atoms with Gasteiger partial charge in [0.1, 0.15) is 29.9 Å². The van der Waals surface area contributed by atoms with Crippen LogP contribution < -0.4 is 0 Å². The number of rotatable bonds is 6. The number of aryl methyl sites for hydroxylation is 1. The molecule has 0 saturated carbocycles. The lowest BCUT2D eigenvalue weighted by Gasteiger charge is -2.15. The molecular formula is C16H17FN4O2S. The summed E-state index contributed by atoms with van der Waals surface area (Å²) >= 11 is 1.53. The molecule has 0 spiro atoms. The molecule has 2 heterocycles. The zero-order valence-corrected chi connectivity index (χ0v) is 14.2. The molecule has 1 amide bonds. The second kappa shape index (κ2) is 7.06. The molecule has 24 heavy (non-hydrogen) atoms. The van der Waals surface area contributed by atoms with Crippen molar-refractivity contribution in [2.24, 2.45) is 0 Å². The number of amides is 1. The number of benzene rings is 1. The van der Waals surface area contributed by atoms with E-state index in [1.807, 2.05) is 12.3 Å². The Morgan fingerprint density at radius 3 is 3.00 bits per heavy atom. The van der Waals surface area contributed by atoms with Gasteiger partial charge in [-0.15, -0.1) is 11.3 Å². The average molecular weight is 348 g/mol. The van der Waals surface area contributed by atoms with Gasteiger partial charge >= 0.3 is 0 Å². The van der Waals surface area contributed by atoms with Gasteiger partial charge in [0.25, 0.3) is 0 Å². The molecule has 8 heteroatoms. The number of likely N-dealkylation sites (N-methyl/N-ethyl adjacent to an activating group) is 1. The molecule has 3 rings (SSSR count). The Bertz CT molecular complexity index is 861. The van der Waals surface area contributed by atoms with Crippen molar-refractivity contribution >= 4 is 28.3 Å². The van der Waals surface area contributed by atoms with Crippen molar-refractivity contribution in [3.63, 3.8) is 0 Å². The molecule has 1 aromatic carbocycles. The smallest absolute Gasteiger partial charge is 0.248 e. The number of ether oxygens (including phenoxy) is 1. The number of carbonyl (C=O) groups excluding carboxylic acids is 1. The second-order valence-corrected chi connectivity index (χ2v) is 6.41. The molecule has 0 unspecified atom stereocenters. The molecule has 2 aromatic heterocycles. The van der Waals surface area contributed by atoms with Crippen molar-refractivity contribution in [1.82, 2.24) is 19.9 Å². The van der Waals surface area contributed by atoms with Gasteiger partial charge in [-0.1, -0.05) is 0 Å². The van der Waals surface area contributed by atoms with Crippen molar-refractivity contribution in [3.8, 4) is 0 Å². The molecule has 6 nitrogen and oxygen atoms in total. The zero-order chi connectivity index (χ0) is 17.1. The highest BCUT2D eigenvalue weighted by molar-refractivity contribution is 7.09. The van der Waals surface area contributed by atoms with E-state index < -0.39 is 0 Å². The summed E-state index contributed by atoms with van der Waals surface area (Å²) in [6, 6.07) is 4.33. The lowest BCUT2D eigenvalue weighted by atomic mass is 10.3. The highest BCUT2D eigenvalue weighted by Crippen LogP contribution is 2.14. The molecule has 0 saturated heterocycles. The van der Waals surface area contributed by atoms with E-state index in [0.29, 0.717) is 23.4 Å². The van der Waals surface area contributed by atoms with E-state index in [4.69, 9.17) is 4.74 Å². The van der Waals surface area contributed by atoms with Crippen LogP contribution in [-0.2, 0) is 22.7 Å². The van der Waals surface area contributed by atoms with Crippen molar-refractivity contribution in [2.75, 3.05) is 13.7 Å². The fraction of sp³-hybridized carbons (Fsp3) is 0.312. The first-order valence-electron chi connectivity index (χ1n) is 7.38. The van der Waals surface area contributed by atoms with Crippen LogP contribution in [0.3, 0.4) is 0 Å². The van der Waals surface area contributed by atoms with Gasteiger partial charge in [0.15, 0.2) is 0 Å². The van der Waals surface area contributed by atoms with Gasteiger partial charge in [-0.25, -0.2) is 14.4 Å². The summed E-state index contributed by atoms with van der Waals surface area (Å²) in [5.41, 5.74) is 2.22. The summed E-state index contributed by atoms with van der Waals surface area (Å²) in [4.78, 5) is 25.2. The highest BCUT2D eigenvalue weighted by atomic mass is 32.1. The minimum Gasteiger partial charge on any atom is -0.364 e. The number of aromatic amines is 1. The van der Waals surface area contributed by atoms with Gasteiger partial charge in [0.05, 0.1) is 17.6 Å². The van der Waals surface area contributed by atoms with E-state index in [0.717, 1.165) is 10.7 Å². The molecule has 0 aliphatic carbocycles.